The third-order valence-electron chi connectivity index (χ3n) is 3.98. The van der Waals surface area contributed by atoms with Crippen molar-refractivity contribution >= 4 is 11.6 Å². The first-order valence-corrected chi connectivity index (χ1v) is 7.47. The first-order valence-electron chi connectivity index (χ1n) is 7.47. The van der Waals surface area contributed by atoms with E-state index in [-0.39, 0.29) is 17.9 Å². The molecule has 21 heavy (non-hydrogen) atoms. The van der Waals surface area contributed by atoms with E-state index in [0.29, 0.717) is 13.1 Å². The molecule has 0 aliphatic carbocycles. The Kier molecular flexibility index (Phi) is 5.04. The highest BCUT2D eigenvalue weighted by Crippen LogP contribution is 2.20. The third kappa shape index (κ3) is 3.46. The molecule has 1 N–H and O–H groups in total. The molecule has 112 valence electrons. The average molecular weight is 286 g/mol. The van der Waals surface area contributed by atoms with Crippen molar-refractivity contribution in [3.8, 4) is 6.19 Å². The molecule has 5 nitrogen and oxygen atoms in total. The van der Waals surface area contributed by atoms with Crippen LogP contribution in [0, 0.1) is 17.4 Å². The summed E-state index contributed by atoms with van der Waals surface area (Å²) in [6.07, 6.45) is 3.83. The van der Waals surface area contributed by atoms with E-state index in [9.17, 15) is 4.79 Å². The molecule has 1 saturated heterocycles. The van der Waals surface area contributed by atoms with Crippen LogP contribution in [0.1, 0.15) is 26.7 Å². The van der Waals surface area contributed by atoms with Crippen molar-refractivity contribution in [2.24, 2.45) is 5.92 Å². The largest absolute Gasteiger partial charge is 0.373 e. The number of hydrazine groups is 1. The number of amides is 1. The Morgan fingerprint density at radius 3 is 2.71 bits per heavy atom. The lowest BCUT2D eigenvalue weighted by Gasteiger charge is -2.31. The Balaban J connectivity index is 2.16. The van der Waals surface area contributed by atoms with E-state index in [0.717, 1.165) is 18.5 Å². The molecule has 2 rings (SSSR count). The third-order valence-corrected chi connectivity index (χ3v) is 3.98. The number of hydrogen-bond acceptors (Lipinski definition) is 4. The molecule has 5 heteroatoms. The van der Waals surface area contributed by atoms with E-state index in [1.807, 2.05) is 30.3 Å². The van der Waals surface area contributed by atoms with Gasteiger partial charge in [0.2, 0.25) is 0 Å². The summed E-state index contributed by atoms with van der Waals surface area (Å²) < 4.78 is 0. The van der Waals surface area contributed by atoms with Crippen LogP contribution in [-0.4, -0.2) is 35.1 Å². The number of hydrogen-bond donors (Lipinski definition) is 1. The molecule has 2 unspecified atom stereocenters. The lowest BCUT2D eigenvalue weighted by Crippen LogP contribution is -2.49. The number of rotatable bonds is 5. The predicted molar refractivity (Wildman–Crippen MR) is 82.0 cm³/mol. The van der Waals surface area contributed by atoms with Crippen LogP contribution in [-0.2, 0) is 4.79 Å². The second-order valence-electron chi connectivity index (χ2n) is 5.41. The summed E-state index contributed by atoms with van der Waals surface area (Å²) in [7, 11) is 0. The van der Waals surface area contributed by atoms with Crippen LogP contribution in [0.4, 0.5) is 5.69 Å². The van der Waals surface area contributed by atoms with Gasteiger partial charge >= 0.3 is 0 Å². The van der Waals surface area contributed by atoms with Crippen molar-refractivity contribution in [1.29, 1.82) is 5.26 Å². The van der Waals surface area contributed by atoms with Crippen molar-refractivity contribution in [1.82, 2.24) is 10.0 Å². The summed E-state index contributed by atoms with van der Waals surface area (Å²) in [6, 6.07) is 9.42. The SMILES string of the molecule is CCC(C)C(Nc1ccccc1)C(=O)N1CCCN1C#N. The number of anilines is 1. The lowest BCUT2D eigenvalue weighted by molar-refractivity contribution is -0.141. The highest BCUT2D eigenvalue weighted by Gasteiger charge is 2.33. The first-order chi connectivity index (χ1) is 10.2. The van der Waals surface area contributed by atoms with Crippen LogP contribution >= 0.6 is 0 Å². The maximum atomic E-state index is 12.8. The standard InChI is InChI=1S/C16H22N4O/c1-3-13(2)15(18-14-8-5-4-6-9-14)16(21)20-11-7-10-19(20)12-17/h4-6,8-9,13,15,18H,3,7,10-11H2,1-2H3. The Hall–Kier alpha value is -2.22. The lowest BCUT2D eigenvalue weighted by atomic mass is 9.97. The molecule has 0 saturated carbocycles. The Morgan fingerprint density at radius 1 is 1.38 bits per heavy atom. The van der Waals surface area contributed by atoms with Gasteiger partial charge in [-0.05, 0) is 24.5 Å². The van der Waals surface area contributed by atoms with Crippen LogP contribution in [0.5, 0.6) is 0 Å². The Morgan fingerprint density at radius 2 is 2.10 bits per heavy atom. The number of nitrogens with one attached hydrogen (secondary N) is 1. The van der Waals surface area contributed by atoms with Crippen molar-refractivity contribution < 1.29 is 4.79 Å². The van der Waals surface area contributed by atoms with E-state index in [4.69, 9.17) is 5.26 Å². The number of nitrogens with zero attached hydrogens (tertiary/aromatic N) is 3. The number of carbonyl (C=O) groups is 1. The van der Waals surface area contributed by atoms with Gasteiger partial charge < -0.3 is 5.32 Å². The molecule has 0 aromatic heterocycles. The van der Waals surface area contributed by atoms with Crippen molar-refractivity contribution in [2.75, 3.05) is 18.4 Å². The van der Waals surface area contributed by atoms with Crippen molar-refractivity contribution in [2.45, 2.75) is 32.7 Å². The molecule has 1 aliphatic heterocycles. The van der Waals surface area contributed by atoms with Gasteiger partial charge in [0, 0.05) is 12.2 Å². The molecular formula is C16H22N4O. The molecule has 1 aromatic rings. The molecule has 1 fully saturated rings. The number of carbonyl (C=O) groups excluding carboxylic acids is 1. The molecule has 0 spiro atoms. The normalized spacial score (nSPS) is 17.2. The fourth-order valence-electron chi connectivity index (χ4n) is 2.50. The number of nitriles is 1. The summed E-state index contributed by atoms with van der Waals surface area (Å²) in [5.41, 5.74) is 0.929. The van der Waals surface area contributed by atoms with Gasteiger partial charge in [0.25, 0.3) is 5.91 Å². The van der Waals surface area contributed by atoms with Gasteiger partial charge in [-0.2, -0.15) is 5.26 Å². The van der Waals surface area contributed by atoms with E-state index in [2.05, 4.69) is 25.4 Å². The number of benzene rings is 1. The van der Waals surface area contributed by atoms with Gasteiger partial charge in [0.05, 0.1) is 6.54 Å². The quantitative estimate of drug-likeness (QED) is 0.845. The van der Waals surface area contributed by atoms with Crippen molar-refractivity contribution in [3.05, 3.63) is 30.3 Å². The smallest absolute Gasteiger partial charge is 0.264 e. The fraction of sp³-hybridized carbons (Fsp3) is 0.500. The highest BCUT2D eigenvalue weighted by molar-refractivity contribution is 5.85. The summed E-state index contributed by atoms with van der Waals surface area (Å²) in [6.45, 7) is 5.38. The molecule has 1 heterocycles. The van der Waals surface area contributed by atoms with Gasteiger partial charge in [-0.3, -0.25) is 4.79 Å². The topological polar surface area (TPSA) is 59.4 Å². The molecular weight excluding hydrogens is 264 g/mol. The maximum Gasteiger partial charge on any atom is 0.264 e. The summed E-state index contributed by atoms with van der Waals surface area (Å²) in [5.74, 6) is 0.172. The van der Waals surface area contributed by atoms with E-state index >= 15 is 0 Å². The molecule has 1 aliphatic rings. The second kappa shape index (κ2) is 6.98. The van der Waals surface area contributed by atoms with E-state index in [1.165, 1.54) is 5.01 Å². The molecule has 1 aromatic carbocycles. The summed E-state index contributed by atoms with van der Waals surface area (Å²) in [4.78, 5) is 12.8. The summed E-state index contributed by atoms with van der Waals surface area (Å²) >= 11 is 0. The molecule has 1 amide bonds. The molecule has 0 bridgehead atoms. The minimum absolute atomic E-state index is 0.0211. The minimum atomic E-state index is -0.314. The monoisotopic (exact) mass is 286 g/mol. The first kappa shape index (κ1) is 15.2. The Bertz CT molecular complexity index is 511. The van der Waals surface area contributed by atoms with Crippen LogP contribution in [0.3, 0.4) is 0 Å². The highest BCUT2D eigenvalue weighted by atomic mass is 16.2. The zero-order chi connectivity index (χ0) is 15.2. The maximum absolute atomic E-state index is 12.8. The Labute approximate surface area is 126 Å². The van der Waals surface area contributed by atoms with Gasteiger partial charge in [0.15, 0.2) is 6.19 Å². The number of para-hydroxylation sites is 1. The summed E-state index contributed by atoms with van der Waals surface area (Å²) in [5, 5.41) is 15.5. The van der Waals surface area contributed by atoms with Gasteiger partial charge in [-0.25, -0.2) is 10.0 Å². The van der Waals surface area contributed by atoms with Crippen LogP contribution in [0.2, 0.25) is 0 Å². The van der Waals surface area contributed by atoms with Crippen LogP contribution in [0.25, 0.3) is 0 Å². The minimum Gasteiger partial charge on any atom is -0.373 e. The van der Waals surface area contributed by atoms with Crippen LogP contribution in [0.15, 0.2) is 30.3 Å². The van der Waals surface area contributed by atoms with Gasteiger partial charge in [0.1, 0.15) is 6.04 Å². The second-order valence-corrected chi connectivity index (χ2v) is 5.41. The molecule has 2 atom stereocenters. The van der Waals surface area contributed by atoms with Crippen LogP contribution < -0.4 is 5.32 Å². The van der Waals surface area contributed by atoms with Gasteiger partial charge in [-0.15, -0.1) is 0 Å². The molecule has 0 radical (unpaired) electrons. The fourth-order valence-corrected chi connectivity index (χ4v) is 2.50. The van der Waals surface area contributed by atoms with Gasteiger partial charge in [-0.1, -0.05) is 38.5 Å². The van der Waals surface area contributed by atoms with E-state index < -0.39 is 0 Å². The van der Waals surface area contributed by atoms with Crippen molar-refractivity contribution in [3.63, 3.8) is 0 Å². The predicted octanol–water partition coefficient (Wildman–Crippen LogP) is 2.44. The zero-order valence-corrected chi connectivity index (χ0v) is 12.6. The average Bonchev–Trinajstić information content (AvgIpc) is 3.00. The zero-order valence-electron chi connectivity index (χ0n) is 12.6. The van der Waals surface area contributed by atoms with E-state index in [1.54, 1.807) is 5.01 Å².